The highest BCUT2D eigenvalue weighted by Crippen LogP contribution is 2.30. The lowest BCUT2D eigenvalue weighted by Crippen LogP contribution is -2.52. The normalized spacial score (nSPS) is 24.6. The highest BCUT2D eigenvalue weighted by molar-refractivity contribution is 7.98. The van der Waals surface area contributed by atoms with E-state index in [0.717, 1.165) is 32.0 Å². The van der Waals surface area contributed by atoms with Crippen molar-refractivity contribution in [1.29, 1.82) is 0 Å². The molecule has 0 radical (unpaired) electrons. The van der Waals surface area contributed by atoms with Crippen molar-refractivity contribution >= 4 is 17.8 Å². The Kier molecular flexibility index (Phi) is 6.64. The number of hydrogen-bond donors (Lipinski definition) is 1. The van der Waals surface area contributed by atoms with Crippen LogP contribution in [-0.4, -0.2) is 79.8 Å². The van der Waals surface area contributed by atoms with Crippen LogP contribution in [0.25, 0.3) is 0 Å². The van der Waals surface area contributed by atoms with Crippen LogP contribution in [0.1, 0.15) is 19.8 Å². The van der Waals surface area contributed by atoms with Gasteiger partial charge in [-0.2, -0.15) is 11.8 Å². The summed E-state index contributed by atoms with van der Waals surface area (Å²) >= 11 is 1.76. The van der Waals surface area contributed by atoms with Crippen LogP contribution in [0.15, 0.2) is 0 Å². The molecule has 2 rings (SSSR count). The van der Waals surface area contributed by atoms with E-state index in [1.54, 1.807) is 11.8 Å². The lowest BCUT2D eigenvalue weighted by molar-refractivity contribution is -0.0309. The van der Waals surface area contributed by atoms with Gasteiger partial charge in [-0.05, 0) is 39.0 Å². The average Bonchev–Trinajstić information content (AvgIpc) is 3.22. The number of hydrogen-bond acceptors (Lipinski definition) is 4. The van der Waals surface area contributed by atoms with Gasteiger partial charge in [0.2, 0.25) is 0 Å². The number of likely N-dealkylation sites (N-methyl/N-ethyl adjacent to an activating group) is 1. The van der Waals surface area contributed by atoms with Gasteiger partial charge < -0.3 is 19.9 Å². The molecule has 122 valence electrons. The van der Waals surface area contributed by atoms with E-state index < -0.39 is 0 Å². The zero-order valence-electron chi connectivity index (χ0n) is 13.5. The number of morpholine rings is 1. The van der Waals surface area contributed by atoms with Crippen molar-refractivity contribution in [2.75, 3.05) is 51.8 Å². The Morgan fingerprint density at radius 2 is 2.24 bits per heavy atom. The molecule has 1 aliphatic carbocycles. The lowest BCUT2D eigenvalue weighted by Gasteiger charge is -2.34. The molecular weight excluding hydrogens is 286 g/mol. The van der Waals surface area contributed by atoms with E-state index >= 15 is 0 Å². The van der Waals surface area contributed by atoms with Crippen LogP contribution in [0.3, 0.4) is 0 Å². The monoisotopic (exact) mass is 315 g/mol. The summed E-state index contributed by atoms with van der Waals surface area (Å²) < 4.78 is 5.82. The van der Waals surface area contributed by atoms with Crippen LogP contribution in [0.5, 0.6) is 0 Å². The number of urea groups is 1. The molecule has 2 amide bonds. The minimum Gasteiger partial charge on any atom is -0.374 e. The first-order valence-electron chi connectivity index (χ1n) is 7.93. The van der Waals surface area contributed by atoms with Crippen LogP contribution in [0, 0.1) is 5.92 Å². The number of nitrogens with one attached hydrogen (secondary N) is 1. The first-order valence-corrected chi connectivity index (χ1v) is 9.32. The van der Waals surface area contributed by atoms with Gasteiger partial charge in [-0.25, -0.2) is 4.79 Å². The molecule has 2 aliphatic rings. The molecule has 5 nitrogen and oxygen atoms in total. The number of rotatable bonds is 7. The minimum atomic E-state index is 0.0697. The maximum atomic E-state index is 12.5. The number of carbonyl (C=O) groups excluding carboxylic acids is 1. The molecule has 0 bridgehead atoms. The van der Waals surface area contributed by atoms with E-state index in [9.17, 15) is 4.79 Å². The Morgan fingerprint density at radius 1 is 1.48 bits per heavy atom. The lowest BCUT2D eigenvalue weighted by atomic mass is 10.2. The number of nitrogens with zero attached hydrogens (tertiary/aromatic N) is 2. The van der Waals surface area contributed by atoms with Crippen molar-refractivity contribution in [3.63, 3.8) is 0 Å². The van der Waals surface area contributed by atoms with Crippen molar-refractivity contribution in [2.24, 2.45) is 5.92 Å². The summed E-state index contributed by atoms with van der Waals surface area (Å²) in [5, 5.41) is 3.11. The Hall–Kier alpha value is -0.460. The maximum absolute atomic E-state index is 12.5. The van der Waals surface area contributed by atoms with E-state index in [0.29, 0.717) is 12.5 Å². The molecule has 1 saturated heterocycles. The van der Waals surface area contributed by atoms with Crippen LogP contribution >= 0.6 is 11.8 Å². The SMILES string of the molecule is CSC[C@@H](C)NC(=O)N(CC1CC1)C[C@H]1CN(C)CCO1. The second kappa shape index (κ2) is 8.25. The van der Waals surface area contributed by atoms with Crippen LogP contribution in [0.4, 0.5) is 4.79 Å². The summed E-state index contributed by atoms with van der Waals surface area (Å²) in [4.78, 5) is 16.7. The summed E-state index contributed by atoms with van der Waals surface area (Å²) in [6.45, 7) is 6.31. The molecule has 21 heavy (non-hydrogen) atoms. The quantitative estimate of drug-likeness (QED) is 0.773. The third-order valence-electron chi connectivity index (χ3n) is 4.02. The zero-order valence-corrected chi connectivity index (χ0v) is 14.3. The van der Waals surface area contributed by atoms with Crippen LogP contribution in [-0.2, 0) is 4.74 Å². The topological polar surface area (TPSA) is 44.8 Å². The van der Waals surface area contributed by atoms with Gasteiger partial charge in [0, 0.05) is 38.0 Å². The molecule has 0 aromatic heterocycles. The molecule has 0 unspecified atom stereocenters. The number of carbonyl (C=O) groups is 1. The van der Waals surface area contributed by atoms with Crippen LogP contribution < -0.4 is 5.32 Å². The van der Waals surface area contributed by atoms with Crippen molar-refractivity contribution in [1.82, 2.24) is 15.1 Å². The van der Waals surface area contributed by atoms with Crippen molar-refractivity contribution in [3.05, 3.63) is 0 Å². The second-order valence-electron chi connectivity index (χ2n) is 6.41. The number of ether oxygens (including phenoxy) is 1. The zero-order chi connectivity index (χ0) is 15.2. The molecule has 0 aromatic carbocycles. The number of thioether (sulfide) groups is 1. The maximum Gasteiger partial charge on any atom is 0.317 e. The van der Waals surface area contributed by atoms with Crippen molar-refractivity contribution in [2.45, 2.75) is 31.9 Å². The van der Waals surface area contributed by atoms with E-state index in [1.165, 1.54) is 12.8 Å². The smallest absolute Gasteiger partial charge is 0.317 e. The van der Waals surface area contributed by atoms with Gasteiger partial charge in [-0.15, -0.1) is 0 Å². The Morgan fingerprint density at radius 3 is 2.86 bits per heavy atom. The van der Waals surface area contributed by atoms with Gasteiger partial charge in [-0.1, -0.05) is 0 Å². The first-order chi connectivity index (χ1) is 10.1. The fraction of sp³-hybridized carbons (Fsp3) is 0.933. The molecule has 0 aromatic rings. The Labute approximate surface area is 132 Å². The fourth-order valence-corrected chi connectivity index (χ4v) is 3.25. The molecule has 1 heterocycles. The molecule has 6 heteroatoms. The molecule has 2 fully saturated rings. The van der Waals surface area contributed by atoms with Crippen molar-refractivity contribution in [3.8, 4) is 0 Å². The summed E-state index contributed by atoms with van der Waals surface area (Å²) in [5.74, 6) is 1.65. The molecule has 1 saturated carbocycles. The summed E-state index contributed by atoms with van der Waals surface area (Å²) in [5.41, 5.74) is 0. The van der Waals surface area contributed by atoms with E-state index in [2.05, 4.69) is 30.4 Å². The standard InChI is InChI=1S/C15H29N3O2S/c1-12(11-21-3)16-15(19)18(8-13-4-5-13)10-14-9-17(2)6-7-20-14/h12-14H,4-11H2,1-3H3,(H,16,19)/t12-,14-/m1/s1. The molecule has 2 atom stereocenters. The van der Waals surface area contributed by atoms with Gasteiger partial charge in [0.1, 0.15) is 0 Å². The van der Waals surface area contributed by atoms with Gasteiger partial charge >= 0.3 is 6.03 Å². The fourth-order valence-electron chi connectivity index (χ4n) is 2.67. The first kappa shape index (κ1) is 16.9. The highest BCUT2D eigenvalue weighted by atomic mass is 32.2. The highest BCUT2D eigenvalue weighted by Gasteiger charge is 2.30. The average molecular weight is 315 g/mol. The molecular formula is C15H29N3O2S. The third kappa shape index (κ3) is 6.04. The molecule has 1 aliphatic heterocycles. The van der Waals surface area contributed by atoms with E-state index in [4.69, 9.17) is 4.74 Å². The summed E-state index contributed by atoms with van der Waals surface area (Å²) in [6.07, 6.45) is 4.73. The summed E-state index contributed by atoms with van der Waals surface area (Å²) in [6, 6.07) is 0.282. The largest absolute Gasteiger partial charge is 0.374 e. The predicted octanol–water partition coefficient (Wildman–Crippen LogP) is 1.49. The van der Waals surface area contributed by atoms with Gasteiger partial charge in [0.15, 0.2) is 0 Å². The van der Waals surface area contributed by atoms with Gasteiger partial charge in [0.05, 0.1) is 12.7 Å². The third-order valence-corrected chi connectivity index (χ3v) is 4.85. The predicted molar refractivity (Wildman–Crippen MR) is 87.9 cm³/mol. The Bertz CT molecular complexity index is 339. The van der Waals surface area contributed by atoms with E-state index in [1.807, 2.05) is 4.90 Å². The second-order valence-corrected chi connectivity index (χ2v) is 7.32. The van der Waals surface area contributed by atoms with Gasteiger partial charge in [-0.3, -0.25) is 0 Å². The van der Waals surface area contributed by atoms with E-state index in [-0.39, 0.29) is 18.2 Å². The summed E-state index contributed by atoms with van der Waals surface area (Å²) in [7, 11) is 2.11. The molecule has 1 N–H and O–H groups in total. The minimum absolute atomic E-state index is 0.0697. The number of amides is 2. The molecule has 0 spiro atoms. The Balaban J connectivity index is 1.85. The van der Waals surface area contributed by atoms with Gasteiger partial charge in [0.25, 0.3) is 0 Å². The van der Waals surface area contributed by atoms with Crippen molar-refractivity contribution < 1.29 is 9.53 Å². The van der Waals surface area contributed by atoms with Crippen LogP contribution in [0.2, 0.25) is 0 Å².